The lowest BCUT2D eigenvalue weighted by atomic mass is 10.0. The van der Waals surface area contributed by atoms with Crippen molar-refractivity contribution in [2.24, 2.45) is 0 Å². The summed E-state index contributed by atoms with van der Waals surface area (Å²) in [5.74, 6) is 0.445. The monoisotopic (exact) mass is 413 g/mol. The van der Waals surface area contributed by atoms with E-state index in [1.54, 1.807) is 20.8 Å². The van der Waals surface area contributed by atoms with Gasteiger partial charge in [-0.1, -0.05) is 36.4 Å². The number of benzene rings is 2. The molecule has 0 unspecified atom stereocenters. The van der Waals surface area contributed by atoms with Gasteiger partial charge in [0, 0.05) is 31.6 Å². The Hall–Kier alpha value is -2.14. The molecule has 0 amide bonds. The normalized spacial score (nSPS) is 15.6. The molecular weight excluding hydrogens is 382 g/mol. The van der Waals surface area contributed by atoms with Gasteiger partial charge in [0.2, 0.25) is 0 Å². The number of carbonyl (C=O) groups is 1. The first kappa shape index (κ1) is 21.6. The molecule has 3 rings (SSSR count). The third kappa shape index (κ3) is 5.69. The second-order valence-corrected chi connectivity index (χ2v) is 11.6. The molecule has 0 saturated carbocycles. The van der Waals surface area contributed by atoms with Crippen LogP contribution in [0.1, 0.15) is 50.3 Å². The molecule has 0 N–H and O–H groups in total. The molecule has 1 fully saturated rings. The van der Waals surface area contributed by atoms with Crippen molar-refractivity contribution in [3.63, 3.8) is 0 Å². The molecule has 2 aromatic rings. The van der Waals surface area contributed by atoms with Gasteiger partial charge >= 0.3 is 0 Å². The molecule has 1 heterocycles. The van der Waals surface area contributed by atoms with E-state index in [1.807, 2.05) is 24.3 Å². The number of Topliss-reactive ketones (excluding diaryl/α,β-unsaturated/α-hetero) is 1. The van der Waals surface area contributed by atoms with Crippen molar-refractivity contribution in [1.82, 2.24) is 0 Å². The van der Waals surface area contributed by atoms with E-state index in [0.29, 0.717) is 18.6 Å². The number of aryl methyl sites for hydroxylation is 2. The second-order valence-electron chi connectivity index (χ2n) is 8.88. The standard InChI is InChI=1S/C24H31NO3S/c1-24(2,3)29(27,28)18-21-8-6-19(7-9-21)4-5-20-10-12-22(13-11-20)25-16-14-23(26)15-17-25/h6-13H,4-5,14-18H2,1-3H3. The number of piperidine rings is 1. The fourth-order valence-electron chi connectivity index (χ4n) is 3.41. The summed E-state index contributed by atoms with van der Waals surface area (Å²) in [6.07, 6.45) is 3.16. The van der Waals surface area contributed by atoms with E-state index in [1.165, 1.54) is 16.8 Å². The zero-order valence-electron chi connectivity index (χ0n) is 17.6. The summed E-state index contributed by atoms with van der Waals surface area (Å²) < 4.78 is 24.0. The lowest BCUT2D eigenvalue weighted by Crippen LogP contribution is -2.33. The highest BCUT2D eigenvalue weighted by Gasteiger charge is 2.28. The molecule has 1 aliphatic heterocycles. The summed E-state index contributed by atoms with van der Waals surface area (Å²) in [5, 5.41) is 0. The maximum absolute atomic E-state index is 12.4. The van der Waals surface area contributed by atoms with Crippen LogP contribution in [0, 0.1) is 0 Å². The fourth-order valence-corrected chi connectivity index (χ4v) is 4.48. The van der Waals surface area contributed by atoms with Crippen LogP contribution in [0.3, 0.4) is 0 Å². The van der Waals surface area contributed by atoms with Crippen molar-refractivity contribution in [3.8, 4) is 0 Å². The molecule has 1 saturated heterocycles. The van der Waals surface area contributed by atoms with Crippen molar-refractivity contribution in [1.29, 1.82) is 0 Å². The molecule has 1 aliphatic rings. The van der Waals surface area contributed by atoms with Gasteiger partial charge < -0.3 is 4.90 Å². The van der Waals surface area contributed by atoms with E-state index >= 15 is 0 Å². The Morgan fingerprint density at radius 3 is 1.72 bits per heavy atom. The minimum absolute atomic E-state index is 0.0837. The van der Waals surface area contributed by atoms with Crippen molar-refractivity contribution < 1.29 is 13.2 Å². The first-order chi connectivity index (χ1) is 13.6. The smallest absolute Gasteiger partial charge is 0.159 e. The topological polar surface area (TPSA) is 54.5 Å². The third-order valence-corrected chi connectivity index (χ3v) is 8.22. The maximum atomic E-state index is 12.4. The van der Waals surface area contributed by atoms with Crippen LogP contribution in [0.2, 0.25) is 0 Å². The largest absolute Gasteiger partial charge is 0.371 e. The van der Waals surface area contributed by atoms with Crippen molar-refractivity contribution in [3.05, 3.63) is 65.2 Å². The Kier molecular flexibility index (Phi) is 6.47. The van der Waals surface area contributed by atoms with Crippen LogP contribution in [-0.4, -0.2) is 32.0 Å². The zero-order valence-corrected chi connectivity index (χ0v) is 18.5. The summed E-state index contributed by atoms with van der Waals surface area (Å²) in [5.41, 5.74) is 4.51. The average Bonchev–Trinajstić information content (AvgIpc) is 2.67. The number of hydrogen-bond acceptors (Lipinski definition) is 4. The number of sulfone groups is 1. The highest BCUT2D eigenvalue weighted by molar-refractivity contribution is 7.91. The van der Waals surface area contributed by atoms with E-state index in [-0.39, 0.29) is 5.75 Å². The Balaban J connectivity index is 1.54. The van der Waals surface area contributed by atoms with Crippen LogP contribution in [0.15, 0.2) is 48.5 Å². The van der Waals surface area contributed by atoms with Gasteiger partial charge in [0.05, 0.1) is 10.5 Å². The molecule has 4 nitrogen and oxygen atoms in total. The van der Waals surface area contributed by atoms with E-state index in [0.717, 1.165) is 31.5 Å². The Morgan fingerprint density at radius 1 is 0.793 bits per heavy atom. The lowest BCUT2D eigenvalue weighted by Gasteiger charge is -2.28. The summed E-state index contributed by atoms with van der Waals surface area (Å²) >= 11 is 0. The highest BCUT2D eigenvalue weighted by atomic mass is 32.2. The third-order valence-electron chi connectivity index (χ3n) is 5.64. The van der Waals surface area contributed by atoms with Crippen LogP contribution < -0.4 is 4.90 Å². The Labute approximate surface area is 174 Å². The summed E-state index contributed by atoms with van der Waals surface area (Å²) in [6, 6.07) is 16.5. The highest BCUT2D eigenvalue weighted by Crippen LogP contribution is 2.22. The number of anilines is 1. The SMILES string of the molecule is CC(C)(C)S(=O)(=O)Cc1ccc(CCc2ccc(N3CCC(=O)CC3)cc2)cc1. The van der Waals surface area contributed by atoms with Crippen LogP contribution in [0.25, 0.3) is 0 Å². The quantitative estimate of drug-likeness (QED) is 0.706. The van der Waals surface area contributed by atoms with E-state index in [9.17, 15) is 13.2 Å². The van der Waals surface area contributed by atoms with E-state index in [4.69, 9.17) is 0 Å². The van der Waals surface area contributed by atoms with Crippen LogP contribution >= 0.6 is 0 Å². The minimum atomic E-state index is -3.16. The second kappa shape index (κ2) is 8.70. The molecule has 0 radical (unpaired) electrons. The van der Waals surface area contributed by atoms with Crippen molar-refractivity contribution in [2.75, 3.05) is 18.0 Å². The van der Waals surface area contributed by atoms with Crippen LogP contribution in [-0.2, 0) is 33.2 Å². The van der Waals surface area contributed by atoms with Gasteiger partial charge in [0.15, 0.2) is 9.84 Å². The van der Waals surface area contributed by atoms with Gasteiger partial charge in [0.25, 0.3) is 0 Å². The average molecular weight is 414 g/mol. The molecule has 0 aliphatic carbocycles. The van der Waals surface area contributed by atoms with Crippen molar-refractivity contribution >= 4 is 21.3 Å². The van der Waals surface area contributed by atoms with Crippen molar-refractivity contribution in [2.45, 2.75) is 57.0 Å². The summed E-state index contributed by atoms with van der Waals surface area (Å²) in [6.45, 7) is 6.86. The van der Waals surface area contributed by atoms with Gasteiger partial charge in [-0.05, 0) is 62.4 Å². The van der Waals surface area contributed by atoms with Gasteiger partial charge in [-0.15, -0.1) is 0 Å². The molecule has 5 heteroatoms. The van der Waals surface area contributed by atoms with Gasteiger partial charge in [-0.2, -0.15) is 0 Å². The number of carbonyl (C=O) groups excluding carboxylic acids is 1. The first-order valence-corrected chi connectivity index (χ1v) is 11.9. The number of ketones is 1. The molecule has 0 aromatic heterocycles. The van der Waals surface area contributed by atoms with Gasteiger partial charge in [-0.25, -0.2) is 8.42 Å². The molecule has 29 heavy (non-hydrogen) atoms. The minimum Gasteiger partial charge on any atom is -0.371 e. The van der Waals surface area contributed by atoms with E-state index < -0.39 is 14.6 Å². The number of rotatable bonds is 6. The predicted molar refractivity (Wildman–Crippen MR) is 119 cm³/mol. The predicted octanol–water partition coefficient (Wildman–Crippen LogP) is 4.35. The van der Waals surface area contributed by atoms with Gasteiger partial charge in [0.1, 0.15) is 5.78 Å². The number of nitrogens with zero attached hydrogens (tertiary/aromatic N) is 1. The molecule has 156 valence electrons. The van der Waals surface area contributed by atoms with Crippen LogP contribution in [0.5, 0.6) is 0 Å². The summed E-state index contributed by atoms with van der Waals surface area (Å²) in [7, 11) is -3.16. The summed E-state index contributed by atoms with van der Waals surface area (Å²) in [4.78, 5) is 13.7. The molecule has 0 atom stereocenters. The Bertz CT molecular complexity index is 929. The molecule has 0 spiro atoms. The maximum Gasteiger partial charge on any atom is 0.159 e. The van der Waals surface area contributed by atoms with E-state index in [2.05, 4.69) is 29.2 Å². The Morgan fingerprint density at radius 2 is 1.24 bits per heavy atom. The molecular formula is C24H31NO3S. The number of hydrogen-bond donors (Lipinski definition) is 0. The molecule has 0 bridgehead atoms. The zero-order chi connectivity index (χ0) is 21.1. The fraction of sp³-hybridized carbons (Fsp3) is 0.458. The lowest BCUT2D eigenvalue weighted by molar-refractivity contribution is -0.119. The van der Waals surface area contributed by atoms with Crippen LogP contribution in [0.4, 0.5) is 5.69 Å². The van der Waals surface area contributed by atoms with Gasteiger partial charge in [-0.3, -0.25) is 4.79 Å². The first-order valence-electron chi connectivity index (χ1n) is 10.3. The molecule has 2 aromatic carbocycles.